The van der Waals surface area contributed by atoms with Crippen molar-refractivity contribution in [3.05, 3.63) is 118 Å². The normalized spacial score (nSPS) is 23.9. The van der Waals surface area contributed by atoms with Gasteiger partial charge in [0.15, 0.2) is 11.5 Å². The largest absolute Gasteiger partial charge is 0.507 e. The van der Waals surface area contributed by atoms with Gasteiger partial charge in [0, 0.05) is 0 Å². The molecule has 0 fully saturated rings. The molecule has 2 nitrogen and oxygen atoms in total. The summed E-state index contributed by atoms with van der Waals surface area (Å²) in [7, 11) is 0. The van der Waals surface area contributed by atoms with Crippen LogP contribution in [0.5, 0.6) is 0 Å². The van der Waals surface area contributed by atoms with Crippen LogP contribution >= 0.6 is 0 Å². The lowest BCUT2D eigenvalue weighted by Gasteiger charge is -2.39. The second-order valence-electron chi connectivity index (χ2n) is 7.33. The highest BCUT2D eigenvalue weighted by Crippen LogP contribution is 2.61. The number of hydrogen-bond acceptors (Lipinski definition) is 2. The summed E-state index contributed by atoms with van der Waals surface area (Å²) < 4.78 is 0. The number of aliphatic hydroxyl groups is 2. The van der Waals surface area contributed by atoms with Crippen molar-refractivity contribution in [1.82, 2.24) is 0 Å². The average Bonchev–Trinajstić information content (AvgIpc) is 3.26. The van der Waals surface area contributed by atoms with E-state index in [1.807, 2.05) is 36.4 Å². The first-order chi connectivity index (χ1) is 13.2. The Morgan fingerprint density at radius 1 is 0.667 bits per heavy atom. The number of hydrogen-bond donors (Lipinski definition) is 2. The number of aliphatic hydroxyl groups excluding tert-OH is 2. The lowest BCUT2D eigenvalue weighted by molar-refractivity contribution is 0.281. The maximum atomic E-state index is 11.1. The van der Waals surface area contributed by atoms with E-state index in [9.17, 15) is 10.2 Å². The molecule has 2 aromatic carbocycles. The number of fused-ring (bicyclic) bond motifs is 8. The maximum Gasteiger partial charge on any atom is 0.155 e. The highest BCUT2D eigenvalue weighted by molar-refractivity contribution is 6.05. The quantitative estimate of drug-likeness (QED) is 0.627. The van der Waals surface area contributed by atoms with E-state index in [0.717, 1.165) is 44.5 Å². The SMILES string of the molecule is OC1=C(O)C2(C=CC=C3C2=Cc2ccccc23)C2=Cc3ccccc3C2=C1. The predicted octanol–water partition coefficient (Wildman–Crippen LogP) is 5.85. The standard InChI is InChI=1S/C25H16O2/c26-23-14-20-18-9-4-2-7-16(18)13-22(20)25(24(23)27)11-5-10-19-17-8-3-1-6-15(17)12-21(19)25/h1-14,26-27H. The topological polar surface area (TPSA) is 40.5 Å². The van der Waals surface area contributed by atoms with Crippen LogP contribution in [0.1, 0.15) is 22.3 Å². The molecular formula is C25H16O2. The Morgan fingerprint density at radius 3 is 1.96 bits per heavy atom. The summed E-state index contributed by atoms with van der Waals surface area (Å²) in [6, 6.07) is 16.4. The molecule has 4 aliphatic carbocycles. The Hall–Kier alpha value is -3.52. The summed E-state index contributed by atoms with van der Waals surface area (Å²) in [6.07, 6.45) is 12.1. The lowest BCUT2D eigenvalue weighted by Crippen LogP contribution is -2.30. The molecule has 0 saturated carbocycles. The molecule has 128 valence electrons. The van der Waals surface area contributed by atoms with Gasteiger partial charge < -0.3 is 10.2 Å². The van der Waals surface area contributed by atoms with Gasteiger partial charge in [-0.1, -0.05) is 66.8 Å². The molecule has 2 N–H and O–H groups in total. The second kappa shape index (κ2) is 4.80. The molecule has 0 saturated heterocycles. The molecule has 1 unspecified atom stereocenters. The third-order valence-electron chi connectivity index (χ3n) is 6.04. The molecule has 0 radical (unpaired) electrons. The van der Waals surface area contributed by atoms with E-state index < -0.39 is 5.41 Å². The molecule has 1 atom stereocenters. The Labute approximate surface area is 157 Å². The number of rotatable bonds is 0. The highest BCUT2D eigenvalue weighted by Gasteiger charge is 2.50. The molecule has 2 heteroatoms. The van der Waals surface area contributed by atoms with Crippen LogP contribution < -0.4 is 0 Å². The fourth-order valence-electron chi connectivity index (χ4n) is 4.84. The summed E-state index contributed by atoms with van der Waals surface area (Å²) in [5.41, 5.74) is 7.75. The lowest BCUT2D eigenvalue weighted by atomic mass is 9.64. The smallest absolute Gasteiger partial charge is 0.155 e. The summed E-state index contributed by atoms with van der Waals surface area (Å²) in [5.74, 6) is -0.0761. The molecule has 0 aromatic heterocycles. The fraction of sp³-hybridized carbons (Fsp3) is 0.0400. The molecule has 0 heterocycles. The molecule has 1 spiro atoms. The monoisotopic (exact) mass is 348 g/mol. The number of allylic oxidation sites excluding steroid dienone is 6. The second-order valence-corrected chi connectivity index (χ2v) is 7.33. The average molecular weight is 348 g/mol. The summed E-state index contributed by atoms with van der Waals surface area (Å²) in [6.45, 7) is 0. The zero-order chi connectivity index (χ0) is 18.2. The van der Waals surface area contributed by atoms with E-state index in [1.165, 1.54) is 0 Å². The minimum absolute atomic E-state index is 0.00814. The summed E-state index contributed by atoms with van der Waals surface area (Å²) >= 11 is 0. The Bertz CT molecular complexity index is 1220. The van der Waals surface area contributed by atoms with Crippen molar-refractivity contribution < 1.29 is 10.2 Å². The zero-order valence-corrected chi connectivity index (χ0v) is 14.5. The van der Waals surface area contributed by atoms with Crippen LogP contribution in [0.3, 0.4) is 0 Å². The van der Waals surface area contributed by atoms with E-state index in [1.54, 1.807) is 6.08 Å². The first-order valence-electron chi connectivity index (χ1n) is 9.08. The van der Waals surface area contributed by atoms with Gasteiger partial charge in [0.1, 0.15) is 5.41 Å². The van der Waals surface area contributed by atoms with Gasteiger partial charge in [-0.15, -0.1) is 0 Å². The fourth-order valence-corrected chi connectivity index (χ4v) is 4.84. The van der Waals surface area contributed by atoms with Crippen LogP contribution in [0.4, 0.5) is 0 Å². The molecule has 6 rings (SSSR count). The van der Waals surface area contributed by atoms with Gasteiger partial charge in [0.25, 0.3) is 0 Å². The molecule has 27 heavy (non-hydrogen) atoms. The van der Waals surface area contributed by atoms with Crippen molar-refractivity contribution in [3.63, 3.8) is 0 Å². The van der Waals surface area contributed by atoms with Crippen molar-refractivity contribution >= 4 is 23.3 Å². The minimum Gasteiger partial charge on any atom is -0.507 e. The molecule has 4 aliphatic rings. The first-order valence-corrected chi connectivity index (χ1v) is 9.08. The highest BCUT2D eigenvalue weighted by atomic mass is 16.3. The van der Waals surface area contributed by atoms with Crippen molar-refractivity contribution in [1.29, 1.82) is 0 Å². The van der Waals surface area contributed by atoms with Gasteiger partial charge in [0.2, 0.25) is 0 Å². The van der Waals surface area contributed by atoms with Gasteiger partial charge in [-0.25, -0.2) is 0 Å². The van der Waals surface area contributed by atoms with Crippen LogP contribution in [-0.2, 0) is 0 Å². The summed E-state index contributed by atoms with van der Waals surface area (Å²) in [4.78, 5) is 0. The van der Waals surface area contributed by atoms with Crippen LogP contribution in [0, 0.1) is 5.41 Å². The van der Waals surface area contributed by atoms with Crippen LogP contribution in [-0.4, -0.2) is 10.2 Å². The predicted molar refractivity (Wildman–Crippen MR) is 109 cm³/mol. The van der Waals surface area contributed by atoms with Gasteiger partial charge in [-0.05, 0) is 62.8 Å². The Balaban J connectivity index is 1.66. The molecule has 0 amide bonds. The van der Waals surface area contributed by atoms with Crippen molar-refractivity contribution in [2.24, 2.45) is 5.41 Å². The number of benzene rings is 2. The van der Waals surface area contributed by atoms with Gasteiger partial charge in [-0.3, -0.25) is 0 Å². The molecular weight excluding hydrogens is 332 g/mol. The van der Waals surface area contributed by atoms with Gasteiger partial charge in [0.05, 0.1) is 0 Å². The third kappa shape index (κ3) is 1.65. The first kappa shape index (κ1) is 14.6. The van der Waals surface area contributed by atoms with E-state index >= 15 is 0 Å². The zero-order valence-electron chi connectivity index (χ0n) is 14.5. The Kier molecular flexibility index (Phi) is 2.60. The minimum atomic E-state index is -0.865. The van der Waals surface area contributed by atoms with Crippen LogP contribution in [0.15, 0.2) is 95.5 Å². The molecule has 0 aliphatic heterocycles. The molecule has 2 aromatic rings. The third-order valence-corrected chi connectivity index (χ3v) is 6.04. The van der Waals surface area contributed by atoms with Crippen molar-refractivity contribution in [3.8, 4) is 0 Å². The van der Waals surface area contributed by atoms with E-state index in [2.05, 4.69) is 42.5 Å². The van der Waals surface area contributed by atoms with Crippen molar-refractivity contribution in [2.45, 2.75) is 0 Å². The van der Waals surface area contributed by atoms with Gasteiger partial charge in [-0.2, -0.15) is 0 Å². The van der Waals surface area contributed by atoms with Crippen LogP contribution in [0.25, 0.3) is 23.3 Å². The van der Waals surface area contributed by atoms with E-state index in [0.29, 0.717) is 0 Å². The summed E-state index contributed by atoms with van der Waals surface area (Å²) in [5, 5.41) is 21.8. The maximum absolute atomic E-state index is 11.1. The van der Waals surface area contributed by atoms with Crippen LogP contribution in [0.2, 0.25) is 0 Å². The molecule has 0 bridgehead atoms. The van der Waals surface area contributed by atoms with Crippen molar-refractivity contribution in [2.75, 3.05) is 0 Å². The van der Waals surface area contributed by atoms with E-state index in [4.69, 9.17) is 0 Å². The van der Waals surface area contributed by atoms with E-state index in [-0.39, 0.29) is 11.5 Å². The van der Waals surface area contributed by atoms with Gasteiger partial charge >= 0.3 is 0 Å². The Morgan fingerprint density at radius 2 is 1.26 bits per heavy atom.